The first-order valence-corrected chi connectivity index (χ1v) is 11.5. The minimum atomic E-state index is -4.65. The largest absolute Gasteiger partial charge is 0.433 e. The van der Waals surface area contributed by atoms with Crippen molar-refractivity contribution in [2.45, 2.75) is 30.5 Å². The number of imide groups is 1. The Bertz CT molecular complexity index is 1570. The number of carbonyl (C=O) groups excluding carboxylic acids is 2. The molecule has 2 aromatic carbocycles. The zero-order valence-corrected chi connectivity index (χ0v) is 18.4. The summed E-state index contributed by atoms with van der Waals surface area (Å²) in [5, 5.41) is 3.66. The van der Waals surface area contributed by atoms with Crippen molar-refractivity contribution in [2.24, 2.45) is 0 Å². The molecule has 0 unspecified atom stereocenters. The number of aromatic nitrogens is 2. The molecule has 9 heteroatoms. The molecule has 0 atom stereocenters. The molecule has 0 aliphatic carbocycles. The lowest BCUT2D eigenvalue weighted by Crippen LogP contribution is -2.22. The van der Waals surface area contributed by atoms with E-state index in [0.29, 0.717) is 10.9 Å². The van der Waals surface area contributed by atoms with Gasteiger partial charge in [0.1, 0.15) is 5.69 Å². The second-order valence-corrected chi connectivity index (χ2v) is 9.32. The summed E-state index contributed by atoms with van der Waals surface area (Å²) in [4.78, 5) is 29.8. The van der Waals surface area contributed by atoms with E-state index in [-0.39, 0.29) is 20.9 Å². The fourth-order valence-corrected chi connectivity index (χ4v) is 5.84. The van der Waals surface area contributed by atoms with Crippen molar-refractivity contribution in [3.63, 3.8) is 0 Å². The second kappa shape index (κ2) is 7.46. The standard InChI is InChI=1S/C25H16F3N3O2S/c26-25(27,28)19-11-18(15-7-1-2-9-17(15)29-19)34-22-20(23(32)30-24(22)33)16-12-31-10-4-6-13-5-3-8-14(16)21(13)31/h1-3,5,7-9,11-12H,4,6,10H2,(H,30,32,33). The Hall–Kier alpha value is -3.59. The number of thioether (sulfide) groups is 1. The number of nitrogens with one attached hydrogen (secondary N) is 1. The van der Waals surface area contributed by atoms with Gasteiger partial charge in [-0.05, 0) is 30.5 Å². The Labute approximate surface area is 195 Å². The summed E-state index contributed by atoms with van der Waals surface area (Å²) in [6.45, 7) is 0.794. The summed E-state index contributed by atoms with van der Waals surface area (Å²) >= 11 is 0.869. The smallest absolute Gasteiger partial charge is 0.347 e. The zero-order chi connectivity index (χ0) is 23.6. The quantitative estimate of drug-likeness (QED) is 0.405. The molecule has 5 nitrogen and oxygen atoms in total. The SMILES string of the molecule is O=C1NC(=O)C(c2cn3c4c(cccc24)CCC3)=C1Sc1cc(C(F)(F)F)nc2ccccc12. The van der Waals surface area contributed by atoms with Gasteiger partial charge in [-0.3, -0.25) is 14.9 Å². The highest BCUT2D eigenvalue weighted by Crippen LogP contribution is 2.43. The van der Waals surface area contributed by atoms with Crippen molar-refractivity contribution in [3.05, 3.63) is 76.5 Å². The van der Waals surface area contributed by atoms with Crippen LogP contribution in [0.15, 0.2) is 64.5 Å². The molecule has 0 bridgehead atoms. The van der Waals surface area contributed by atoms with Gasteiger partial charge in [-0.1, -0.05) is 48.2 Å². The van der Waals surface area contributed by atoms with Crippen molar-refractivity contribution in [1.29, 1.82) is 0 Å². The average Bonchev–Trinajstić information content (AvgIpc) is 3.31. The molecule has 170 valence electrons. The van der Waals surface area contributed by atoms with Crippen LogP contribution in [0.25, 0.3) is 27.4 Å². The van der Waals surface area contributed by atoms with Crippen LogP contribution >= 0.6 is 11.8 Å². The molecule has 1 N–H and O–H groups in total. The predicted octanol–water partition coefficient (Wildman–Crippen LogP) is 5.31. The number of halogens is 3. The molecule has 4 aromatic rings. The zero-order valence-electron chi connectivity index (χ0n) is 17.6. The molecule has 2 amide bonds. The molecule has 0 fully saturated rings. The van der Waals surface area contributed by atoms with Gasteiger partial charge in [0.15, 0.2) is 0 Å². The van der Waals surface area contributed by atoms with Crippen molar-refractivity contribution < 1.29 is 22.8 Å². The monoisotopic (exact) mass is 479 g/mol. The van der Waals surface area contributed by atoms with E-state index in [9.17, 15) is 22.8 Å². The lowest BCUT2D eigenvalue weighted by Gasteiger charge is -2.14. The predicted molar refractivity (Wildman–Crippen MR) is 123 cm³/mol. The lowest BCUT2D eigenvalue weighted by atomic mass is 10.0. The van der Waals surface area contributed by atoms with Gasteiger partial charge in [0, 0.05) is 34.0 Å². The normalized spacial score (nSPS) is 16.1. The van der Waals surface area contributed by atoms with Gasteiger partial charge in [0.2, 0.25) is 0 Å². The molecular formula is C25H16F3N3O2S. The molecule has 2 aromatic heterocycles. The van der Waals surface area contributed by atoms with E-state index >= 15 is 0 Å². The number of para-hydroxylation sites is 2. The number of pyridine rings is 1. The van der Waals surface area contributed by atoms with Gasteiger partial charge in [-0.2, -0.15) is 13.2 Å². The van der Waals surface area contributed by atoms with Crippen molar-refractivity contribution in [1.82, 2.24) is 14.9 Å². The van der Waals surface area contributed by atoms with Crippen LogP contribution in [0.5, 0.6) is 0 Å². The molecule has 6 rings (SSSR count). The van der Waals surface area contributed by atoms with Gasteiger partial charge in [-0.25, -0.2) is 4.98 Å². The maximum absolute atomic E-state index is 13.5. The minimum Gasteiger partial charge on any atom is -0.347 e. The average molecular weight is 479 g/mol. The Balaban J connectivity index is 1.57. The summed E-state index contributed by atoms with van der Waals surface area (Å²) in [5.74, 6) is -1.17. The van der Waals surface area contributed by atoms with Crippen molar-refractivity contribution in [3.8, 4) is 0 Å². The summed E-state index contributed by atoms with van der Waals surface area (Å²) in [6, 6.07) is 13.3. The van der Waals surface area contributed by atoms with E-state index in [2.05, 4.69) is 14.9 Å². The number of alkyl halides is 3. The molecule has 34 heavy (non-hydrogen) atoms. The Kier molecular flexibility index (Phi) is 4.60. The fourth-order valence-electron chi connectivity index (χ4n) is 4.72. The van der Waals surface area contributed by atoms with Crippen LogP contribution < -0.4 is 5.32 Å². The van der Waals surface area contributed by atoms with Gasteiger partial charge >= 0.3 is 6.18 Å². The topological polar surface area (TPSA) is 64.0 Å². The highest BCUT2D eigenvalue weighted by molar-refractivity contribution is 8.04. The summed E-state index contributed by atoms with van der Waals surface area (Å²) in [6.07, 6.45) is -0.887. The van der Waals surface area contributed by atoms with Crippen LogP contribution in [0.4, 0.5) is 13.2 Å². The molecule has 2 aliphatic heterocycles. The highest BCUT2D eigenvalue weighted by Gasteiger charge is 2.37. The van der Waals surface area contributed by atoms with Crippen LogP contribution in [0, 0.1) is 0 Å². The van der Waals surface area contributed by atoms with Gasteiger partial charge < -0.3 is 4.57 Å². The molecule has 2 aliphatic rings. The number of hydrogen-bond donors (Lipinski definition) is 1. The number of rotatable bonds is 3. The second-order valence-electron chi connectivity index (χ2n) is 8.26. The van der Waals surface area contributed by atoms with E-state index in [1.807, 2.05) is 24.4 Å². The number of benzene rings is 2. The third kappa shape index (κ3) is 3.22. The maximum Gasteiger partial charge on any atom is 0.433 e. The van der Waals surface area contributed by atoms with Gasteiger partial charge in [0.25, 0.3) is 11.8 Å². The summed E-state index contributed by atoms with van der Waals surface area (Å²) in [5.41, 5.74) is 2.11. The molecular weight excluding hydrogens is 463 g/mol. The third-order valence-electron chi connectivity index (χ3n) is 6.16. The first-order valence-electron chi connectivity index (χ1n) is 10.7. The first kappa shape index (κ1) is 21.0. The van der Waals surface area contributed by atoms with Crippen LogP contribution in [-0.4, -0.2) is 21.4 Å². The first-order chi connectivity index (χ1) is 16.3. The van der Waals surface area contributed by atoms with Crippen molar-refractivity contribution >= 4 is 51.0 Å². The number of carbonyl (C=O) groups is 2. The number of amides is 2. The molecule has 0 spiro atoms. The van der Waals surface area contributed by atoms with Gasteiger partial charge in [0.05, 0.1) is 21.5 Å². The third-order valence-corrected chi connectivity index (χ3v) is 7.32. The number of nitrogens with zero attached hydrogens (tertiary/aromatic N) is 2. The van der Waals surface area contributed by atoms with Gasteiger partial charge in [-0.15, -0.1) is 0 Å². The van der Waals surface area contributed by atoms with E-state index < -0.39 is 23.7 Å². The molecule has 4 heterocycles. The number of hydrogen-bond acceptors (Lipinski definition) is 4. The minimum absolute atomic E-state index is 0.0816. The van der Waals surface area contributed by atoms with E-state index in [4.69, 9.17) is 0 Å². The Morgan fingerprint density at radius 2 is 1.79 bits per heavy atom. The van der Waals surface area contributed by atoms with E-state index in [1.54, 1.807) is 18.2 Å². The van der Waals surface area contributed by atoms with Crippen LogP contribution in [0.1, 0.15) is 23.2 Å². The van der Waals surface area contributed by atoms with Crippen LogP contribution in [0.3, 0.4) is 0 Å². The van der Waals surface area contributed by atoms with E-state index in [1.165, 1.54) is 11.6 Å². The van der Waals surface area contributed by atoms with Crippen molar-refractivity contribution in [2.75, 3.05) is 0 Å². The molecule has 0 radical (unpaired) electrons. The Morgan fingerprint density at radius 1 is 1.00 bits per heavy atom. The maximum atomic E-state index is 13.5. The highest BCUT2D eigenvalue weighted by atomic mass is 32.2. The number of fused-ring (bicyclic) bond motifs is 1. The molecule has 0 saturated heterocycles. The fraction of sp³-hybridized carbons (Fsp3) is 0.160. The summed E-state index contributed by atoms with van der Waals surface area (Å²) in [7, 11) is 0. The lowest BCUT2D eigenvalue weighted by molar-refractivity contribution is -0.141. The van der Waals surface area contributed by atoms with Crippen LogP contribution in [0.2, 0.25) is 0 Å². The van der Waals surface area contributed by atoms with Crippen LogP contribution in [-0.2, 0) is 28.7 Å². The molecule has 0 saturated carbocycles. The van der Waals surface area contributed by atoms with E-state index in [0.717, 1.165) is 48.1 Å². The Morgan fingerprint density at radius 3 is 2.62 bits per heavy atom. The number of aryl methyl sites for hydroxylation is 2. The summed E-state index contributed by atoms with van der Waals surface area (Å²) < 4.78 is 42.7.